The lowest BCUT2D eigenvalue weighted by molar-refractivity contribution is 0.0216. The van der Waals surface area contributed by atoms with Crippen LogP contribution in [0.25, 0.3) is 43.6 Å². The fourth-order valence-electron chi connectivity index (χ4n) is 9.13. The Morgan fingerprint density at radius 1 is 0.275 bits per heavy atom. The molecule has 20 heteroatoms. The Bertz CT molecular complexity index is 2630. The molecule has 0 atom stereocenters. The first-order valence-corrected chi connectivity index (χ1v) is 27.9. The summed E-state index contributed by atoms with van der Waals surface area (Å²) in [4.78, 5) is 18.5. The first-order valence-electron chi connectivity index (χ1n) is 27.9. The summed E-state index contributed by atoms with van der Waals surface area (Å²) in [6, 6.07) is 23.6. The first-order chi connectivity index (χ1) is 39.7. The van der Waals surface area contributed by atoms with Crippen LogP contribution in [0.2, 0.25) is 0 Å². The van der Waals surface area contributed by atoms with Gasteiger partial charge in [0.05, 0.1) is 128 Å². The molecule has 0 saturated carbocycles. The number of rotatable bonds is 4. The van der Waals surface area contributed by atoms with Gasteiger partial charge in [0.15, 0.2) is 23.0 Å². The molecule has 0 unspecified atom stereocenters. The molecule has 0 fully saturated rings. The highest BCUT2D eigenvalue weighted by molar-refractivity contribution is 6.08. The Kier molecular flexibility index (Phi) is 23.2. The van der Waals surface area contributed by atoms with Gasteiger partial charge in [0.2, 0.25) is 0 Å². The van der Waals surface area contributed by atoms with Crippen molar-refractivity contribution in [2.24, 2.45) is 0 Å². The quantitative estimate of drug-likeness (QED) is 0.152. The van der Waals surface area contributed by atoms with Gasteiger partial charge in [-0.1, -0.05) is 51.0 Å². The smallest absolute Gasteiger partial charge is 0.278 e. The van der Waals surface area contributed by atoms with Crippen molar-refractivity contribution in [3.63, 3.8) is 0 Å². The van der Waals surface area contributed by atoms with Crippen LogP contribution in [0.15, 0.2) is 72.8 Å². The molecule has 0 N–H and O–H groups in total. The van der Waals surface area contributed by atoms with Gasteiger partial charge in [-0.3, -0.25) is 0 Å². The van der Waals surface area contributed by atoms with Crippen molar-refractivity contribution in [2.45, 2.75) is 39.5 Å². The number of para-hydroxylation sites is 4. The van der Waals surface area contributed by atoms with Gasteiger partial charge < -0.3 is 75.8 Å². The molecule has 0 aliphatic carbocycles. The molecule has 9 rings (SSSR count). The van der Waals surface area contributed by atoms with Gasteiger partial charge >= 0.3 is 0 Å². The lowest BCUT2D eigenvalue weighted by atomic mass is 9.87. The highest BCUT2D eigenvalue weighted by Gasteiger charge is 2.22. The number of aryl methyl sites for hydroxylation is 2. The summed E-state index contributed by atoms with van der Waals surface area (Å²) >= 11 is 0. The zero-order chi connectivity index (χ0) is 54.8. The van der Waals surface area contributed by atoms with Gasteiger partial charge in [-0.05, 0) is 94.0 Å². The predicted octanol–water partition coefficient (Wildman–Crippen LogP) is 8.38. The van der Waals surface area contributed by atoms with E-state index < -0.39 is 0 Å². The van der Waals surface area contributed by atoms with Crippen molar-refractivity contribution >= 4 is 43.6 Å². The standard InChI is InChI=1S/C60H74N4O16/c1-3-9-43-45-39-53-55(75-33-25-67-17-21-71-29-37-79-59-57(61-49-11-5-7-13-51(49)63-59)77-35-27-69-19-15-65-23-31-73-53)41-47(45)44(10-4-2)48-42-56-54(40-46(43)48)74-32-24-66-16-20-70-28-36-78-58-60(64-52-14-8-6-12-50(52)62-58)80-38-30-72-22-18-68-26-34-76-56/h5-8,11-14,39-42H,3-4,9-10,15-38H2,1-2H3. The summed E-state index contributed by atoms with van der Waals surface area (Å²) in [6.07, 6.45) is 3.42. The number of hydrogen-bond donors (Lipinski definition) is 0. The van der Waals surface area contributed by atoms with Crippen LogP contribution in [0.4, 0.5) is 0 Å². The summed E-state index contributed by atoms with van der Waals surface area (Å²) in [5.74, 6) is 3.64. The molecule has 5 aromatic carbocycles. The highest BCUT2D eigenvalue weighted by Crippen LogP contribution is 2.44. The summed E-state index contributed by atoms with van der Waals surface area (Å²) in [6.45, 7) is 12.1. The molecule has 2 aliphatic rings. The average Bonchev–Trinajstić information content (AvgIpc) is 3.48. The normalized spacial score (nSPS) is 17.5. The van der Waals surface area contributed by atoms with Crippen molar-refractivity contribution in [3.05, 3.63) is 83.9 Å². The molecule has 430 valence electrons. The summed E-state index contributed by atoms with van der Waals surface area (Å²) < 4.78 is 97.2. The Balaban J connectivity index is 0.895. The van der Waals surface area contributed by atoms with E-state index in [1.54, 1.807) is 0 Å². The van der Waals surface area contributed by atoms with E-state index in [0.29, 0.717) is 174 Å². The van der Waals surface area contributed by atoms with Crippen molar-refractivity contribution in [3.8, 4) is 46.5 Å². The van der Waals surface area contributed by atoms with E-state index in [-0.39, 0.29) is 52.9 Å². The lowest BCUT2D eigenvalue weighted by Crippen LogP contribution is -2.16. The van der Waals surface area contributed by atoms with E-state index in [4.69, 9.17) is 75.8 Å². The van der Waals surface area contributed by atoms with Crippen LogP contribution in [-0.4, -0.2) is 179 Å². The van der Waals surface area contributed by atoms with Gasteiger partial charge in [-0.25, -0.2) is 19.9 Å². The van der Waals surface area contributed by atoms with Crippen LogP contribution >= 0.6 is 0 Å². The van der Waals surface area contributed by atoms with Gasteiger partial charge in [0, 0.05) is 0 Å². The molecule has 7 aromatic rings. The molecule has 80 heavy (non-hydrogen) atoms. The molecular formula is C60H74N4O16. The van der Waals surface area contributed by atoms with Crippen molar-refractivity contribution in [1.29, 1.82) is 0 Å². The minimum Gasteiger partial charge on any atom is -0.487 e. The third-order valence-corrected chi connectivity index (χ3v) is 12.8. The second-order valence-electron chi connectivity index (χ2n) is 18.5. The van der Waals surface area contributed by atoms with Crippen LogP contribution in [-0.2, 0) is 50.7 Å². The topological polar surface area (TPSA) is 199 Å². The van der Waals surface area contributed by atoms with Crippen molar-refractivity contribution in [1.82, 2.24) is 19.9 Å². The van der Waals surface area contributed by atoms with Gasteiger partial charge in [-0.2, -0.15) is 0 Å². The Hall–Kier alpha value is -6.62. The van der Waals surface area contributed by atoms with Crippen molar-refractivity contribution < 1.29 is 75.8 Å². The van der Waals surface area contributed by atoms with E-state index in [0.717, 1.165) is 47.2 Å². The zero-order valence-corrected chi connectivity index (χ0v) is 46.0. The predicted molar refractivity (Wildman–Crippen MR) is 299 cm³/mol. The van der Waals surface area contributed by atoms with Crippen molar-refractivity contribution in [2.75, 3.05) is 159 Å². The molecule has 0 spiro atoms. The maximum absolute atomic E-state index is 6.52. The van der Waals surface area contributed by atoms with Gasteiger partial charge in [-0.15, -0.1) is 0 Å². The summed E-state index contributed by atoms with van der Waals surface area (Å²) in [7, 11) is 0. The largest absolute Gasteiger partial charge is 0.487 e. The zero-order valence-electron chi connectivity index (χ0n) is 46.0. The molecule has 0 saturated heterocycles. The molecule has 2 aromatic heterocycles. The monoisotopic (exact) mass is 1110 g/mol. The van der Waals surface area contributed by atoms with Crippen LogP contribution in [0, 0.1) is 0 Å². The SMILES string of the molecule is CCCc1c2cc3c(cc2c(CCC)c2cc4c(cc12)OCCOCCOCCOc1nc2ccccc2nc1OCCOCCOCCO4)OCCOCCOCCOc1nc2ccccc2nc1OCCOCCOCCO3. The molecule has 0 amide bonds. The van der Waals surface area contributed by atoms with E-state index in [9.17, 15) is 0 Å². The Morgan fingerprint density at radius 3 is 0.688 bits per heavy atom. The first kappa shape index (κ1) is 58.0. The second kappa shape index (κ2) is 32.0. The highest BCUT2D eigenvalue weighted by atomic mass is 16.6. The number of ether oxygens (including phenoxy) is 16. The molecule has 0 bridgehead atoms. The molecule has 20 nitrogen and oxygen atoms in total. The van der Waals surface area contributed by atoms with Gasteiger partial charge in [0.1, 0.15) is 52.9 Å². The van der Waals surface area contributed by atoms with E-state index in [2.05, 4.69) is 58.0 Å². The summed E-state index contributed by atoms with van der Waals surface area (Å²) in [5.41, 5.74) is 5.17. The van der Waals surface area contributed by atoms with Crippen LogP contribution < -0.4 is 37.9 Å². The maximum atomic E-state index is 6.52. The molecule has 4 heterocycles. The third-order valence-electron chi connectivity index (χ3n) is 12.8. The van der Waals surface area contributed by atoms with Crippen LogP contribution in [0.1, 0.15) is 37.8 Å². The minimum absolute atomic E-state index is 0.252. The number of fused-ring (bicyclic) bond motifs is 8. The van der Waals surface area contributed by atoms with E-state index >= 15 is 0 Å². The fraction of sp³-hybridized carbons (Fsp3) is 0.500. The van der Waals surface area contributed by atoms with E-state index in [1.807, 2.05) is 48.5 Å². The Labute approximate surface area is 466 Å². The average molecular weight is 1110 g/mol. The maximum Gasteiger partial charge on any atom is 0.278 e. The minimum atomic E-state index is 0.252. The second-order valence-corrected chi connectivity index (χ2v) is 18.5. The lowest BCUT2D eigenvalue weighted by Gasteiger charge is -2.22. The molecular weight excluding hydrogens is 1030 g/mol. The molecule has 0 radical (unpaired) electrons. The molecule has 2 aliphatic heterocycles. The number of benzene rings is 5. The van der Waals surface area contributed by atoms with Crippen LogP contribution in [0.5, 0.6) is 46.5 Å². The number of nitrogens with zero attached hydrogens (tertiary/aromatic N) is 4. The summed E-state index contributed by atoms with van der Waals surface area (Å²) in [5, 5.41) is 4.34. The van der Waals surface area contributed by atoms with E-state index in [1.165, 1.54) is 11.1 Å². The third kappa shape index (κ3) is 16.7. The number of aromatic nitrogens is 4. The Morgan fingerprint density at radius 2 is 0.475 bits per heavy atom. The number of hydrogen-bond acceptors (Lipinski definition) is 20. The van der Waals surface area contributed by atoms with Crippen LogP contribution in [0.3, 0.4) is 0 Å². The fourth-order valence-corrected chi connectivity index (χ4v) is 9.13. The van der Waals surface area contributed by atoms with Gasteiger partial charge in [0.25, 0.3) is 23.5 Å².